The van der Waals surface area contributed by atoms with Crippen molar-refractivity contribution in [1.29, 1.82) is 0 Å². The zero-order valence-corrected chi connectivity index (χ0v) is 12.9. The first-order valence-electron chi connectivity index (χ1n) is 6.70. The van der Waals surface area contributed by atoms with Crippen LogP contribution in [0, 0.1) is 0 Å². The largest absolute Gasteiger partial charge is 0.289 e. The van der Waals surface area contributed by atoms with E-state index in [1.165, 1.54) is 11.1 Å². The summed E-state index contributed by atoms with van der Waals surface area (Å²) in [6, 6.07) is 18.7. The van der Waals surface area contributed by atoms with Crippen LogP contribution in [0.15, 0.2) is 94.5 Å². The Kier molecular flexibility index (Phi) is 3.98. The number of hydrogen-bond acceptors (Lipinski definition) is 1. The summed E-state index contributed by atoms with van der Waals surface area (Å²) in [6.45, 7) is 0. The highest BCUT2D eigenvalue weighted by molar-refractivity contribution is 9.10. The van der Waals surface area contributed by atoms with Gasteiger partial charge in [-0.2, -0.15) is 0 Å². The first-order chi connectivity index (χ1) is 10.2. The molecule has 0 radical (unpaired) electrons. The molecule has 2 aliphatic rings. The molecule has 2 aliphatic carbocycles. The predicted octanol–water partition coefficient (Wildman–Crippen LogP) is 5.11. The summed E-state index contributed by atoms with van der Waals surface area (Å²) in [5, 5.41) is 0. The third kappa shape index (κ3) is 3.11. The van der Waals surface area contributed by atoms with Gasteiger partial charge in [0.1, 0.15) is 0 Å². The maximum absolute atomic E-state index is 10.8. The van der Waals surface area contributed by atoms with Crippen molar-refractivity contribution >= 4 is 21.7 Å². The number of carbonyl (C=O) groups excluding carboxylic acids is 1. The fraction of sp³-hybridized carbons (Fsp3) is 0. The molecule has 2 bridgehead atoms. The summed E-state index contributed by atoms with van der Waals surface area (Å²) in [7, 11) is 0. The van der Waals surface area contributed by atoms with Gasteiger partial charge >= 0.3 is 0 Å². The number of carbonyl (C=O) groups is 1. The molecule has 2 aromatic carbocycles. The van der Waals surface area contributed by atoms with Crippen LogP contribution < -0.4 is 0 Å². The van der Waals surface area contributed by atoms with Gasteiger partial charge in [-0.3, -0.25) is 4.79 Å². The van der Waals surface area contributed by atoms with E-state index in [-0.39, 0.29) is 5.78 Å². The molecule has 2 aromatic rings. The van der Waals surface area contributed by atoms with Gasteiger partial charge in [-0.25, -0.2) is 0 Å². The van der Waals surface area contributed by atoms with Crippen LogP contribution in [0.2, 0.25) is 0 Å². The molecule has 0 heterocycles. The van der Waals surface area contributed by atoms with Crippen LogP contribution in [0.3, 0.4) is 0 Å². The summed E-state index contributed by atoms with van der Waals surface area (Å²) in [6.07, 6.45) is 7.38. The van der Waals surface area contributed by atoms with E-state index in [2.05, 4.69) is 64.5 Å². The van der Waals surface area contributed by atoms with E-state index >= 15 is 0 Å². The SMILES string of the molecule is Brc1ccc(-c2ccccc2)cc1.O=C1C2=CC=C1C=C2. The lowest BCUT2D eigenvalue weighted by molar-refractivity contribution is -0.111. The van der Waals surface area contributed by atoms with Gasteiger partial charge in [0, 0.05) is 15.6 Å². The van der Waals surface area contributed by atoms with Gasteiger partial charge in [-0.05, 0) is 23.3 Å². The van der Waals surface area contributed by atoms with Crippen molar-refractivity contribution in [3.05, 3.63) is 94.5 Å². The van der Waals surface area contributed by atoms with Gasteiger partial charge in [-0.1, -0.05) is 82.7 Å². The van der Waals surface area contributed by atoms with Gasteiger partial charge in [0.25, 0.3) is 0 Å². The Balaban J connectivity index is 0.000000140. The number of halogens is 1. The lowest BCUT2D eigenvalue weighted by Crippen LogP contribution is -1.89. The zero-order chi connectivity index (χ0) is 14.7. The van der Waals surface area contributed by atoms with Crippen molar-refractivity contribution in [2.75, 3.05) is 0 Å². The summed E-state index contributed by atoms with van der Waals surface area (Å²) in [5.41, 5.74) is 4.18. The molecule has 0 atom stereocenters. The fourth-order valence-corrected chi connectivity index (χ4v) is 2.48. The Bertz CT molecular complexity index is 726. The van der Waals surface area contributed by atoms with Gasteiger partial charge in [0.05, 0.1) is 0 Å². The molecule has 0 aromatic heterocycles. The average Bonchev–Trinajstić information content (AvgIpc) is 3.07. The fourth-order valence-electron chi connectivity index (χ4n) is 2.21. The van der Waals surface area contributed by atoms with E-state index in [0.717, 1.165) is 15.6 Å². The first kappa shape index (κ1) is 13.8. The van der Waals surface area contributed by atoms with E-state index in [1.54, 1.807) is 0 Å². The van der Waals surface area contributed by atoms with E-state index in [1.807, 2.05) is 30.4 Å². The first-order valence-corrected chi connectivity index (χ1v) is 7.49. The van der Waals surface area contributed by atoms with Gasteiger partial charge in [-0.15, -0.1) is 0 Å². The van der Waals surface area contributed by atoms with E-state index in [0.29, 0.717) is 0 Å². The molecule has 0 saturated heterocycles. The number of benzene rings is 2. The summed E-state index contributed by atoms with van der Waals surface area (Å²) in [5.74, 6) is 0.185. The maximum Gasteiger partial charge on any atom is 0.193 e. The lowest BCUT2D eigenvalue weighted by Gasteiger charge is -2.00. The van der Waals surface area contributed by atoms with Crippen molar-refractivity contribution in [2.24, 2.45) is 0 Å². The minimum atomic E-state index is 0.185. The standard InChI is InChI=1S/C12H9Br.C7H4O/c13-12-8-6-11(7-9-12)10-4-2-1-3-5-10;8-7-5-1-2-6(7)4-3-5/h1-9H;1-4H. The van der Waals surface area contributed by atoms with Gasteiger partial charge in [0.15, 0.2) is 5.78 Å². The van der Waals surface area contributed by atoms with Crippen LogP contribution in [0.4, 0.5) is 0 Å². The Hall–Kier alpha value is -2.19. The van der Waals surface area contributed by atoms with Crippen LogP contribution in [0.25, 0.3) is 11.1 Å². The third-order valence-electron chi connectivity index (χ3n) is 3.36. The predicted molar refractivity (Wildman–Crippen MR) is 89.9 cm³/mol. The highest BCUT2D eigenvalue weighted by Gasteiger charge is 2.19. The molecule has 0 spiro atoms. The molecule has 0 fully saturated rings. The molecular formula is C19H13BrO. The second-order valence-corrected chi connectivity index (χ2v) is 5.70. The highest BCUT2D eigenvalue weighted by atomic mass is 79.9. The second-order valence-electron chi connectivity index (χ2n) is 4.78. The minimum absolute atomic E-state index is 0.185. The molecule has 102 valence electrons. The van der Waals surface area contributed by atoms with Crippen molar-refractivity contribution < 1.29 is 4.79 Å². The monoisotopic (exact) mass is 336 g/mol. The summed E-state index contributed by atoms with van der Waals surface area (Å²) >= 11 is 3.42. The molecule has 0 N–H and O–H groups in total. The molecule has 0 amide bonds. The number of fused-ring (bicyclic) bond motifs is 2. The van der Waals surface area contributed by atoms with Crippen LogP contribution >= 0.6 is 15.9 Å². The Morgan fingerprint density at radius 3 is 1.62 bits per heavy atom. The Morgan fingerprint density at radius 2 is 1.19 bits per heavy atom. The van der Waals surface area contributed by atoms with Gasteiger partial charge in [0.2, 0.25) is 0 Å². The molecule has 2 heteroatoms. The van der Waals surface area contributed by atoms with Crippen molar-refractivity contribution in [3.8, 4) is 11.1 Å². The van der Waals surface area contributed by atoms with Gasteiger partial charge < -0.3 is 0 Å². The minimum Gasteiger partial charge on any atom is -0.289 e. The topological polar surface area (TPSA) is 17.1 Å². The normalized spacial score (nSPS) is 14.4. The quantitative estimate of drug-likeness (QED) is 0.707. The number of allylic oxidation sites excluding steroid dienone is 6. The lowest BCUT2D eigenvalue weighted by atomic mass is 10.1. The zero-order valence-electron chi connectivity index (χ0n) is 11.3. The van der Waals surface area contributed by atoms with E-state index in [9.17, 15) is 4.79 Å². The molecule has 1 nitrogen and oxygen atoms in total. The summed E-state index contributed by atoms with van der Waals surface area (Å²) < 4.78 is 1.12. The third-order valence-corrected chi connectivity index (χ3v) is 3.89. The molecule has 0 unspecified atom stereocenters. The summed E-state index contributed by atoms with van der Waals surface area (Å²) in [4.78, 5) is 10.8. The van der Waals surface area contributed by atoms with Crippen LogP contribution in [-0.4, -0.2) is 5.78 Å². The maximum atomic E-state index is 10.8. The average molecular weight is 337 g/mol. The van der Waals surface area contributed by atoms with Crippen molar-refractivity contribution in [3.63, 3.8) is 0 Å². The van der Waals surface area contributed by atoms with Crippen molar-refractivity contribution in [1.82, 2.24) is 0 Å². The van der Waals surface area contributed by atoms with Crippen LogP contribution in [0.1, 0.15) is 0 Å². The molecule has 4 rings (SSSR count). The van der Waals surface area contributed by atoms with Crippen LogP contribution in [0.5, 0.6) is 0 Å². The molecular weight excluding hydrogens is 324 g/mol. The van der Waals surface area contributed by atoms with E-state index in [4.69, 9.17) is 0 Å². The smallest absolute Gasteiger partial charge is 0.193 e. The van der Waals surface area contributed by atoms with Crippen molar-refractivity contribution in [2.45, 2.75) is 0 Å². The highest BCUT2D eigenvalue weighted by Crippen LogP contribution is 2.23. The Morgan fingerprint density at radius 1 is 0.667 bits per heavy atom. The number of Topliss-reactive ketones (excluding diaryl/α,β-unsaturated/α-hetero) is 1. The number of ketones is 1. The van der Waals surface area contributed by atoms with E-state index < -0.39 is 0 Å². The van der Waals surface area contributed by atoms with Crippen LogP contribution in [-0.2, 0) is 4.79 Å². The molecule has 0 saturated carbocycles. The number of hydrogen-bond donors (Lipinski definition) is 0. The Labute approximate surface area is 132 Å². The number of rotatable bonds is 1. The molecule has 21 heavy (non-hydrogen) atoms. The second kappa shape index (κ2) is 6.06. The molecule has 0 aliphatic heterocycles.